The van der Waals surface area contributed by atoms with E-state index in [1.165, 1.54) is 12.3 Å². The van der Waals surface area contributed by atoms with Crippen LogP contribution < -0.4 is 11.3 Å². The Morgan fingerprint density at radius 2 is 2.12 bits per heavy atom. The van der Waals surface area contributed by atoms with E-state index in [0.29, 0.717) is 53.0 Å². The van der Waals surface area contributed by atoms with Gasteiger partial charge in [0.15, 0.2) is 0 Å². The molecule has 0 bridgehead atoms. The van der Waals surface area contributed by atoms with Crippen molar-refractivity contribution in [3.63, 3.8) is 0 Å². The predicted octanol–water partition coefficient (Wildman–Crippen LogP) is 2.18. The number of hydrogen-bond acceptors (Lipinski definition) is 6. The monoisotopic (exact) mass is 432 g/mol. The van der Waals surface area contributed by atoms with Gasteiger partial charge in [-0.05, 0) is 36.1 Å². The molecule has 4 aromatic rings. The minimum absolute atomic E-state index is 0.00943. The van der Waals surface area contributed by atoms with Crippen LogP contribution >= 0.6 is 0 Å². The van der Waals surface area contributed by atoms with Crippen LogP contribution in [0.3, 0.4) is 0 Å². The van der Waals surface area contributed by atoms with Crippen LogP contribution in [0.2, 0.25) is 0 Å². The number of nitrogens with one attached hydrogen (secondary N) is 2. The zero-order valence-corrected chi connectivity index (χ0v) is 17.5. The number of fused-ring (bicyclic) bond motifs is 2. The SMILES string of the molecule is Cc1cc2[nH]c(=O)c(N)c(-c3ccc(F)c4[nH]ncc34)c2nc1C#CCN1CCOCC1. The van der Waals surface area contributed by atoms with E-state index in [9.17, 15) is 9.18 Å². The first-order chi connectivity index (χ1) is 15.5. The van der Waals surface area contributed by atoms with Crippen molar-refractivity contribution in [3.8, 4) is 23.0 Å². The van der Waals surface area contributed by atoms with Crippen molar-refractivity contribution in [2.45, 2.75) is 6.92 Å². The average molecular weight is 432 g/mol. The van der Waals surface area contributed by atoms with Crippen molar-refractivity contribution in [1.29, 1.82) is 0 Å². The number of nitrogens with two attached hydrogens (primary N) is 1. The second-order valence-electron chi connectivity index (χ2n) is 7.74. The van der Waals surface area contributed by atoms with Gasteiger partial charge in [-0.25, -0.2) is 9.37 Å². The van der Waals surface area contributed by atoms with Gasteiger partial charge < -0.3 is 15.5 Å². The molecule has 1 aliphatic heterocycles. The first-order valence-corrected chi connectivity index (χ1v) is 10.3. The first-order valence-electron chi connectivity index (χ1n) is 10.3. The Labute approximate surface area is 182 Å². The Balaban J connectivity index is 1.67. The van der Waals surface area contributed by atoms with E-state index in [-0.39, 0.29) is 11.2 Å². The molecular weight excluding hydrogens is 411 g/mol. The molecule has 0 spiro atoms. The molecule has 0 atom stereocenters. The summed E-state index contributed by atoms with van der Waals surface area (Å²) in [7, 11) is 0. The summed E-state index contributed by atoms with van der Waals surface area (Å²) in [6, 6.07) is 4.74. The first kappa shape index (κ1) is 20.2. The third-order valence-electron chi connectivity index (χ3n) is 5.66. The molecule has 4 heterocycles. The summed E-state index contributed by atoms with van der Waals surface area (Å²) >= 11 is 0. The Kier molecular flexibility index (Phi) is 5.09. The van der Waals surface area contributed by atoms with Gasteiger partial charge in [-0.1, -0.05) is 12.0 Å². The molecule has 0 radical (unpaired) electrons. The van der Waals surface area contributed by atoms with Gasteiger partial charge in [-0.3, -0.25) is 14.8 Å². The lowest BCUT2D eigenvalue weighted by Gasteiger charge is -2.24. The number of benzene rings is 1. The van der Waals surface area contributed by atoms with Crippen LogP contribution in [-0.4, -0.2) is 57.9 Å². The minimum Gasteiger partial charge on any atom is -0.394 e. The van der Waals surface area contributed by atoms with Crippen molar-refractivity contribution in [2.24, 2.45) is 0 Å². The number of aromatic nitrogens is 4. The smallest absolute Gasteiger partial charge is 0.272 e. The van der Waals surface area contributed by atoms with E-state index in [1.54, 1.807) is 6.07 Å². The fraction of sp³-hybridized carbons (Fsp3) is 0.261. The summed E-state index contributed by atoms with van der Waals surface area (Å²) < 4.78 is 19.6. The highest BCUT2D eigenvalue weighted by atomic mass is 19.1. The fourth-order valence-corrected chi connectivity index (χ4v) is 3.94. The maximum Gasteiger partial charge on any atom is 0.272 e. The maximum absolute atomic E-state index is 14.2. The number of aryl methyl sites for hydroxylation is 1. The normalized spacial score (nSPS) is 14.6. The third kappa shape index (κ3) is 3.49. The van der Waals surface area contributed by atoms with Gasteiger partial charge in [0.1, 0.15) is 22.7 Å². The summed E-state index contributed by atoms with van der Waals surface area (Å²) in [6.45, 7) is 5.65. The molecule has 0 saturated carbocycles. The largest absolute Gasteiger partial charge is 0.394 e. The van der Waals surface area contributed by atoms with Crippen LogP contribution in [-0.2, 0) is 4.74 Å². The molecule has 1 aliphatic rings. The number of hydrogen-bond donors (Lipinski definition) is 3. The Morgan fingerprint density at radius 1 is 1.31 bits per heavy atom. The van der Waals surface area contributed by atoms with Gasteiger partial charge in [-0.15, -0.1) is 0 Å². The molecule has 1 fully saturated rings. The van der Waals surface area contributed by atoms with E-state index in [4.69, 9.17) is 15.5 Å². The quantitative estimate of drug-likeness (QED) is 0.419. The summed E-state index contributed by atoms with van der Waals surface area (Å²) in [5, 5.41) is 7.12. The van der Waals surface area contributed by atoms with Crippen molar-refractivity contribution in [1.82, 2.24) is 25.1 Å². The van der Waals surface area contributed by atoms with Gasteiger partial charge in [0.05, 0.1) is 37.0 Å². The highest BCUT2D eigenvalue weighted by molar-refractivity contribution is 6.06. The lowest BCUT2D eigenvalue weighted by molar-refractivity contribution is 0.0443. The standard InChI is InChI=1S/C23H21FN6O2/c1-13-11-18-22(27-17(13)3-2-6-30-7-9-32-10-8-30)19(20(25)23(31)28-18)14-4-5-16(24)21-15(14)12-26-29-21/h4-5,11-12H,6-10,25H2,1H3,(H,26,29)(H,28,31). The van der Waals surface area contributed by atoms with Crippen molar-refractivity contribution >= 4 is 27.6 Å². The number of ether oxygens (including phenoxy) is 1. The van der Waals surface area contributed by atoms with Gasteiger partial charge >= 0.3 is 0 Å². The van der Waals surface area contributed by atoms with Crippen molar-refractivity contribution in [3.05, 3.63) is 51.8 Å². The number of halogens is 1. The minimum atomic E-state index is -0.438. The number of nitrogens with zero attached hydrogens (tertiary/aromatic N) is 3. The molecule has 5 rings (SSSR count). The lowest BCUT2D eigenvalue weighted by atomic mass is 9.98. The highest BCUT2D eigenvalue weighted by Crippen LogP contribution is 2.35. The van der Waals surface area contributed by atoms with Gasteiger partial charge in [0.25, 0.3) is 5.56 Å². The van der Waals surface area contributed by atoms with Crippen LogP contribution in [0.5, 0.6) is 0 Å². The van der Waals surface area contributed by atoms with Gasteiger partial charge in [0.2, 0.25) is 0 Å². The van der Waals surface area contributed by atoms with E-state index in [2.05, 4.69) is 31.9 Å². The molecule has 8 nitrogen and oxygen atoms in total. The van der Waals surface area contributed by atoms with E-state index in [1.807, 2.05) is 13.0 Å². The number of morpholine rings is 1. The summed E-state index contributed by atoms with van der Waals surface area (Å²) in [5.41, 5.74) is 9.51. The number of H-pyrrole nitrogens is 2. The second kappa shape index (κ2) is 8.07. The number of nitrogen functional groups attached to an aromatic ring is 1. The summed E-state index contributed by atoms with van der Waals surface area (Å²) in [5.74, 6) is 5.90. The molecule has 32 heavy (non-hydrogen) atoms. The molecule has 9 heteroatoms. The van der Waals surface area contributed by atoms with Gasteiger partial charge in [0, 0.05) is 24.0 Å². The molecule has 162 valence electrons. The Morgan fingerprint density at radius 3 is 2.94 bits per heavy atom. The molecule has 1 aromatic carbocycles. The van der Waals surface area contributed by atoms with Crippen LogP contribution in [0.25, 0.3) is 33.1 Å². The molecule has 1 saturated heterocycles. The van der Waals surface area contributed by atoms with Gasteiger partial charge in [-0.2, -0.15) is 5.10 Å². The topological polar surface area (TPSA) is 113 Å². The number of pyridine rings is 2. The molecule has 0 aliphatic carbocycles. The second-order valence-corrected chi connectivity index (χ2v) is 7.74. The summed E-state index contributed by atoms with van der Waals surface area (Å²) in [4.78, 5) is 22.3. The van der Waals surface area contributed by atoms with E-state index in [0.717, 1.165) is 18.7 Å². The average Bonchev–Trinajstić information content (AvgIpc) is 3.28. The van der Waals surface area contributed by atoms with Crippen molar-refractivity contribution < 1.29 is 9.13 Å². The lowest BCUT2D eigenvalue weighted by Crippen LogP contribution is -2.36. The van der Waals surface area contributed by atoms with Crippen LogP contribution in [0.4, 0.5) is 10.1 Å². The van der Waals surface area contributed by atoms with Crippen LogP contribution in [0.15, 0.2) is 29.2 Å². The maximum atomic E-state index is 14.2. The van der Waals surface area contributed by atoms with E-state index < -0.39 is 11.4 Å². The number of rotatable bonds is 2. The molecule has 3 aromatic heterocycles. The Hall–Kier alpha value is -3.74. The zero-order chi connectivity index (χ0) is 22.2. The molecular formula is C23H21FN6O2. The molecule has 0 amide bonds. The number of aromatic amines is 2. The molecule has 0 unspecified atom stereocenters. The Bertz CT molecular complexity index is 1460. The molecule has 4 N–H and O–H groups in total. The zero-order valence-electron chi connectivity index (χ0n) is 17.5. The van der Waals surface area contributed by atoms with Crippen LogP contribution in [0.1, 0.15) is 11.3 Å². The number of anilines is 1. The third-order valence-corrected chi connectivity index (χ3v) is 5.66. The summed E-state index contributed by atoms with van der Waals surface area (Å²) in [6.07, 6.45) is 1.51. The predicted molar refractivity (Wildman–Crippen MR) is 121 cm³/mol. The highest BCUT2D eigenvalue weighted by Gasteiger charge is 2.19. The fourth-order valence-electron chi connectivity index (χ4n) is 3.94. The van der Waals surface area contributed by atoms with Crippen LogP contribution in [0, 0.1) is 24.6 Å². The van der Waals surface area contributed by atoms with Crippen molar-refractivity contribution in [2.75, 3.05) is 38.6 Å². The van der Waals surface area contributed by atoms with E-state index >= 15 is 0 Å².